The van der Waals surface area contributed by atoms with Crippen molar-refractivity contribution in [1.29, 1.82) is 0 Å². The second kappa shape index (κ2) is 7.56. The molecule has 0 spiro atoms. The first-order valence-electron chi connectivity index (χ1n) is 5.60. The van der Waals surface area contributed by atoms with Gasteiger partial charge in [0.1, 0.15) is 0 Å². The smallest absolute Gasteiger partial charge is 0.175 e. The molecule has 2 aromatic rings. The molecule has 0 fully saturated rings. The van der Waals surface area contributed by atoms with Crippen molar-refractivity contribution in [3.8, 4) is 11.8 Å². The Hall–Kier alpha value is -1.00. The van der Waals surface area contributed by atoms with Crippen molar-refractivity contribution in [3.05, 3.63) is 35.4 Å². The largest absolute Gasteiger partial charge is 0.320 e. The summed E-state index contributed by atoms with van der Waals surface area (Å²) in [4.78, 5) is 0. The summed E-state index contributed by atoms with van der Waals surface area (Å²) in [7, 11) is 0. The average Bonchev–Trinajstić information content (AvgIpc) is 2.91. The molecule has 6 heteroatoms. The topological polar surface area (TPSA) is 51.8 Å². The molecule has 98 valence electrons. The van der Waals surface area contributed by atoms with Gasteiger partial charge in [-0.2, -0.15) is 0 Å². The Labute approximate surface area is 125 Å². The molecule has 19 heavy (non-hydrogen) atoms. The molecule has 0 radical (unpaired) electrons. The second-order valence-electron chi connectivity index (χ2n) is 3.53. The van der Waals surface area contributed by atoms with E-state index in [2.05, 4.69) is 34.2 Å². The first kappa shape index (κ1) is 14.4. The fourth-order valence-corrected chi connectivity index (χ4v) is 3.76. The summed E-state index contributed by atoms with van der Waals surface area (Å²) >= 11 is 4.95. The van der Waals surface area contributed by atoms with E-state index in [1.807, 2.05) is 18.4 Å². The van der Waals surface area contributed by atoms with E-state index in [0.29, 0.717) is 6.54 Å². The van der Waals surface area contributed by atoms with Crippen LogP contribution in [0.4, 0.5) is 0 Å². The van der Waals surface area contributed by atoms with Crippen LogP contribution in [-0.2, 0) is 5.75 Å². The van der Waals surface area contributed by atoms with Crippen LogP contribution in [0.2, 0.25) is 0 Å². The Kier molecular flexibility index (Phi) is 5.73. The molecule has 0 unspecified atom stereocenters. The van der Waals surface area contributed by atoms with E-state index in [1.54, 1.807) is 34.9 Å². The first-order chi connectivity index (χ1) is 9.31. The van der Waals surface area contributed by atoms with E-state index >= 15 is 0 Å². The number of nitrogens with two attached hydrogens (primary N) is 1. The normalized spacial score (nSPS) is 10.0. The van der Waals surface area contributed by atoms with E-state index in [1.165, 1.54) is 5.56 Å². The number of nitrogens with zero attached hydrogens (tertiary/aromatic N) is 2. The van der Waals surface area contributed by atoms with Gasteiger partial charge in [0.15, 0.2) is 8.68 Å². The van der Waals surface area contributed by atoms with Crippen LogP contribution in [-0.4, -0.2) is 23.0 Å². The lowest BCUT2D eigenvalue weighted by Gasteiger charge is -1.99. The molecular formula is C13H13N3S3. The maximum Gasteiger partial charge on any atom is 0.175 e. The van der Waals surface area contributed by atoms with Crippen molar-refractivity contribution >= 4 is 34.9 Å². The third kappa shape index (κ3) is 4.55. The molecule has 1 aromatic carbocycles. The lowest BCUT2D eigenvalue weighted by molar-refractivity contribution is 0.955. The first-order valence-corrected chi connectivity index (χ1v) is 8.62. The highest BCUT2D eigenvalue weighted by Gasteiger charge is 2.04. The zero-order valence-corrected chi connectivity index (χ0v) is 12.9. The molecule has 0 saturated carbocycles. The summed E-state index contributed by atoms with van der Waals surface area (Å²) in [6.07, 6.45) is 2.01. The number of hydrogen-bond acceptors (Lipinski definition) is 6. The number of aromatic nitrogens is 2. The molecular weight excluding hydrogens is 294 g/mol. The molecule has 0 aliphatic rings. The summed E-state index contributed by atoms with van der Waals surface area (Å²) < 4.78 is 2.01. The summed E-state index contributed by atoms with van der Waals surface area (Å²) in [6.45, 7) is 0.390. The summed E-state index contributed by atoms with van der Waals surface area (Å²) in [6, 6.07) is 8.20. The van der Waals surface area contributed by atoms with Crippen LogP contribution in [0.15, 0.2) is 32.9 Å². The molecule has 0 bridgehead atoms. The minimum Gasteiger partial charge on any atom is -0.320 e. The van der Waals surface area contributed by atoms with Gasteiger partial charge in [0, 0.05) is 11.3 Å². The fourth-order valence-electron chi connectivity index (χ4n) is 1.38. The predicted octanol–water partition coefficient (Wildman–Crippen LogP) is 2.86. The molecule has 1 aromatic heterocycles. The molecule has 0 aliphatic heterocycles. The van der Waals surface area contributed by atoms with Crippen LogP contribution in [0.1, 0.15) is 11.1 Å². The fraction of sp³-hybridized carbons (Fsp3) is 0.231. The SMILES string of the molecule is CSc1nnc(SCc2cccc(C#CCN)c2)s1. The molecule has 0 amide bonds. The maximum absolute atomic E-state index is 5.37. The van der Waals surface area contributed by atoms with Gasteiger partial charge in [0.05, 0.1) is 6.54 Å². The quantitative estimate of drug-likeness (QED) is 0.695. The van der Waals surface area contributed by atoms with Gasteiger partial charge in [-0.3, -0.25) is 0 Å². The Morgan fingerprint density at radius 3 is 2.89 bits per heavy atom. The van der Waals surface area contributed by atoms with Crippen LogP contribution in [0.3, 0.4) is 0 Å². The lowest BCUT2D eigenvalue weighted by atomic mass is 10.1. The Morgan fingerprint density at radius 1 is 1.32 bits per heavy atom. The molecule has 0 saturated heterocycles. The van der Waals surface area contributed by atoms with Gasteiger partial charge >= 0.3 is 0 Å². The van der Waals surface area contributed by atoms with E-state index in [-0.39, 0.29) is 0 Å². The third-order valence-corrected chi connectivity index (χ3v) is 5.29. The van der Waals surface area contributed by atoms with Crippen molar-refractivity contribution in [1.82, 2.24) is 10.2 Å². The van der Waals surface area contributed by atoms with Crippen LogP contribution in [0, 0.1) is 11.8 Å². The van der Waals surface area contributed by atoms with Gasteiger partial charge in [-0.15, -0.1) is 10.2 Å². The summed E-state index contributed by atoms with van der Waals surface area (Å²) in [5.41, 5.74) is 7.61. The molecule has 0 aliphatic carbocycles. The van der Waals surface area contributed by atoms with Crippen molar-refractivity contribution in [2.75, 3.05) is 12.8 Å². The molecule has 3 nitrogen and oxygen atoms in total. The van der Waals surface area contributed by atoms with Crippen LogP contribution >= 0.6 is 34.9 Å². The van der Waals surface area contributed by atoms with Gasteiger partial charge in [-0.05, 0) is 24.0 Å². The second-order valence-corrected chi connectivity index (χ2v) is 6.79. The number of thioether (sulfide) groups is 2. The van der Waals surface area contributed by atoms with Crippen LogP contribution < -0.4 is 5.73 Å². The highest BCUT2D eigenvalue weighted by molar-refractivity contribution is 8.02. The van der Waals surface area contributed by atoms with E-state index in [9.17, 15) is 0 Å². The zero-order chi connectivity index (χ0) is 13.5. The Bertz CT molecular complexity index is 598. The number of hydrogen-bond donors (Lipinski definition) is 1. The van der Waals surface area contributed by atoms with Crippen LogP contribution in [0.25, 0.3) is 0 Å². The van der Waals surface area contributed by atoms with E-state index < -0.39 is 0 Å². The van der Waals surface area contributed by atoms with Gasteiger partial charge < -0.3 is 5.73 Å². The van der Waals surface area contributed by atoms with Crippen molar-refractivity contribution < 1.29 is 0 Å². The van der Waals surface area contributed by atoms with E-state index in [0.717, 1.165) is 20.0 Å². The van der Waals surface area contributed by atoms with Gasteiger partial charge in [0.2, 0.25) is 0 Å². The standard InChI is InChI=1S/C13H13N3S3/c1-17-12-15-16-13(19-12)18-9-11-5-2-4-10(8-11)6-3-7-14/h2,4-5,8H,7,9,14H2,1H3. The van der Waals surface area contributed by atoms with Crippen LogP contribution in [0.5, 0.6) is 0 Å². The monoisotopic (exact) mass is 307 g/mol. The zero-order valence-electron chi connectivity index (χ0n) is 10.4. The molecule has 2 N–H and O–H groups in total. The molecule has 0 atom stereocenters. The molecule has 2 rings (SSSR count). The summed E-state index contributed by atoms with van der Waals surface area (Å²) in [5.74, 6) is 6.78. The lowest BCUT2D eigenvalue weighted by Crippen LogP contribution is -1.93. The molecule has 1 heterocycles. The summed E-state index contributed by atoms with van der Waals surface area (Å²) in [5, 5.41) is 8.22. The van der Waals surface area contributed by atoms with Crippen molar-refractivity contribution in [2.24, 2.45) is 5.73 Å². The Balaban J connectivity index is 1.99. The van der Waals surface area contributed by atoms with Gasteiger partial charge in [-0.1, -0.05) is 58.8 Å². The number of rotatable bonds is 4. The minimum atomic E-state index is 0.390. The van der Waals surface area contributed by atoms with Gasteiger partial charge in [-0.25, -0.2) is 0 Å². The Morgan fingerprint density at radius 2 is 2.16 bits per heavy atom. The van der Waals surface area contributed by atoms with E-state index in [4.69, 9.17) is 5.73 Å². The van der Waals surface area contributed by atoms with Crippen molar-refractivity contribution in [2.45, 2.75) is 14.4 Å². The number of benzene rings is 1. The third-order valence-electron chi connectivity index (χ3n) is 2.19. The highest BCUT2D eigenvalue weighted by atomic mass is 32.2. The van der Waals surface area contributed by atoms with Gasteiger partial charge in [0.25, 0.3) is 0 Å². The maximum atomic E-state index is 5.37. The minimum absolute atomic E-state index is 0.390. The average molecular weight is 307 g/mol. The highest BCUT2D eigenvalue weighted by Crippen LogP contribution is 2.29. The predicted molar refractivity (Wildman–Crippen MR) is 83.6 cm³/mol. The van der Waals surface area contributed by atoms with Crippen molar-refractivity contribution in [3.63, 3.8) is 0 Å².